The van der Waals surface area contributed by atoms with Crippen LogP contribution in [0.1, 0.15) is 46.0 Å². The van der Waals surface area contributed by atoms with E-state index in [0.717, 1.165) is 32.2 Å². The number of hydrogen-bond donors (Lipinski definition) is 2. The molecule has 1 aliphatic rings. The van der Waals surface area contributed by atoms with Crippen molar-refractivity contribution in [2.24, 2.45) is 0 Å². The second-order valence-electron chi connectivity index (χ2n) is 4.15. The lowest BCUT2D eigenvalue weighted by Crippen LogP contribution is -2.49. The summed E-state index contributed by atoms with van der Waals surface area (Å²) in [5.41, 5.74) is -0.400. The minimum absolute atomic E-state index is 0.400. The first-order chi connectivity index (χ1) is 5.66. The van der Waals surface area contributed by atoms with E-state index >= 15 is 0 Å². The molecule has 0 spiro atoms. The van der Waals surface area contributed by atoms with Gasteiger partial charge in [0, 0.05) is 12.6 Å². The molecule has 1 aliphatic heterocycles. The minimum atomic E-state index is -0.400. The summed E-state index contributed by atoms with van der Waals surface area (Å²) in [7, 11) is 0. The predicted octanol–water partition coefficient (Wildman–Crippen LogP) is 1.68. The van der Waals surface area contributed by atoms with Crippen LogP contribution in [0.3, 0.4) is 0 Å². The van der Waals surface area contributed by atoms with Crippen LogP contribution in [0.2, 0.25) is 0 Å². The van der Waals surface area contributed by atoms with Gasteiger partial charge in [-0.1, -0.05) is 19.8 Å². The van der Waals surface area contributed by atoms with Gasteiger partial charge in [0.05, 0.1) is 5.60 Å². The maximum atomic E-state index is 10.1. The Morgan fingerprint density at radius 3 is 2.83 bits per heavy atom. The van der Waals surface area contributed by atoms with Crippen molar-refractivity contribution in [1.29, 1.82) is 0 Å². The summed E-state index contributed by atoms with van der Waals surface area (Å²) in [6.45, 7) is 5.13. The van der Waals surface area contributed by atoms with Crippen molar-refractivity contribution in [2.75, 3.05) is 6.54 Å². The number of unbranched alkanes of at least 4 members (excludes halogenated alkanes) is 1. The highest BCUT2D eigenvalue weighted by Crippen LogP contribution is 2.24. The van der Waals surface area contributed by atoms with E-state index in [-0.39, 0.29) is 0 Å². The van der Waals surface area contributed by atoms with Gasteiger partial charge in [0.2, 0.25) is 0 Å². The van der Waals surface area contributed by atoms with Crippen LogP contribution in [0.4, 0.5) is 0 Å². The first-order valence-corrected chi connectivity index (χ1v) is 5.12. The standard InChI is InChI=1S/C10H21NO/c1-3-4-6-10(12)7-5-9(2)11-8-10/h9,11-12H,3-8H2,1-2H3. The Morgan fingerprint density at radius 2 is 2.33 bits per heavy atom. The van der Waals surface area contributed by atoms with Gasteiger partial charge in [-0.05, 0) is 26.2 Å². The van der Waals surface area contributed by atoms with E-state index in [1.807, 2.05) is 0 Å². The molecular formula is C10H21NO. The Hall–Kier alpha value is -0.0800. The van der Waals surface area contributed by atoms with Crippen LogP contribution in [-0.2, 0) is 0 Å². The molecule has 1 fully saturated rings. The Morgan fingerprint density at radius 1 is 1.58 bits per heavy atom. The third-order valence-corrected chi connectivity index (χ3v) is 2.82. The van der Waals surface area contributed by atoms with Gasteiger partial charge in [-0.25, -0.2) is 0 Å². The zero-order valence-corrected chi connectivity index (χ0v) is 8.27. The monoisotopic (exact) mass is 171 g/mol. The lowest BCUT2D eigenvalue weighted by Gasteiger charge is -2.35. The van der Waals surface area contributed by atoms with Crippen molar-refractivity contribution in [3.63, 3.8) is 0 Å². The summed E-state index contributed by atoms with van der Waals surface area (Å²) < 4.78 is 0. The second-order valence-corrected chi connectivity index (χ2v) is 4.15. The Kier molecular flexibility index (Phi) is 3.53. The Balaban J connectivity index is 2.29. The average molecular weight is 171 g/mol. The van der Waals surface area contributed by atoms with E-state index in [9.17, 15) is 5.11 Å². The molecule has 72 valence electrons. The molecule has 0 saturated carbocycles. The number of aliphatic hydroxyl groups is 1. The fourth-order valence-electron chi connectivity index (χ4n) is 1.76. The number of hydrogen-bond acceptors (Lipinski definition) is 2. The maximum Gasteiger partial charge on any atom is 0.0772 e. The highest BCUT2D eigenvalue weighted by atomic mass is 16.3. The van der Waals surface area contributed by atoms with Gasteiger partial charge in [-0.2, -0.15) is 0 Å². The minimum Gasteiger partial charge on any atom is -0.389 e. The van der Waals surface area contributed by atoms with Gasteiger partial charge in [-0.15, -0.1) is 0 Å². The first-order valence-electron chi connectivity index (χ1n) is 5.12. The Bertz CT molecular complexity index is 122. The lowest BCUT2D eigenvalue weighted by atomic mass is 9.86. The van der Waals surface area contributed by atoms with Crippen molar-refractivity contribution < 1.29 is 5.11 Å². The summed E-state index contributed by atoms with van der Waals surface area (Å²) in [6, 6.07) is 0.590. The van der Waals surface area contributed by atoms with Crippen molar-refractivity contribution >= 4 is 0 Å². The van der Waals surface area contributed by atoms with Gasteiger partial charge in [0.15, 0.2) is 0 Å². The molecule has 0 amide bonds. The number of β-amino-alcohol motifs (C(OH)–C–C–N with tert-alkyl or cyclic N) is 1. The molecule has 1 saturated heterocycles. The molecule has 0 aromatic rings. The zero-order chi connectivity index (χ0) is 9.03. The van der Waals surface area contributed by atoms with Crippen LogP contribution in [0, 0.1) is 0 Å². The van der Waals surface area contributed by atoms with Crippen LogP contribution < -0.4 is 5.32 Å². The fraction of sp³-hybridized carbons (Fsp3) is 1.00. The van der Waals surface area contributed by atoms with Gasteiger partial charge in [0.1, 0.15) is 0 Å². The van der Waals surface area contributed by atoms with E-state index in [1.165, 1.54) is 6.42 Å². The fourth-order valence-corrected chi connectivity index (χ4v) is 1.76. The van der Waals surface area contributed by atoms with Crippen LogP contribution in [-0.4, -0.2) is 23.3 Å². The molecule has 1 rings (SSSR count). The van der Waals surface area contributed by atoms with Gasteiger partial charge in [0.25, 0.3) is 0 Å². The van der Waals surface area contributed by atoms with Crippen LogP contribution in [0.25, 0.3) is 0 Å². The quantitative estimate of drug-likeness (QED) is 0.677. The third kappa shape index (κ3) is 2.76. The van der Waals surface area contributed by atoms with Crippen molar-refractivity contribution in [1.82, 2.24) is 5.32 Å². The first kappa shape index (κ1) is 10.0. The molecule has 2 nitrogen and oxygen atoms in total. The van der Waals surface area contributed by atoms with Crippen molar-refractivity contribution in [2.45, 2.75) is 57.6 Å². The molecule has 0 radical (unpaired) electrons. The van der Waals surface area contributed by atoms with Crippen molar-refractivity contribution in [3.8, 4) is 0 Å². The molecule has 0 aromatic carbocycles. The average Bonchev–Trinajstić information content (AvgIpc) is 2.08. The maximum absolute atomic E-state index is 10.1. The van der Waals surface area contributed by atoms with Crippen LogP contribution in [0.5, 0.6) is 0 Å². The lowest BCUT2D eigenvalue weighted by molar-refractivity contribution is -0.00127. The van der Waals surface area contributed by atoms with Crippen LogP contribution in [0.15, 0.2) is 0 Å². The number of nitrogens with one attached hydrogen (secondary N) is 1. The zero-order valence-electron chi connectivity index (χ0n) is 8.27. The van der Waals surface area contributed by atoms with E-state index in [1.54, 1.807) is 0 Å². The normalized spacial score (nSPS) is 36.8. The molecule has 2 atom stereocenters. The summed E-state index contributed by atoms with van der Waals surface area (Å²) in [4.78, 5) is 0. The van der Waals surface area contributed by atoms with E-state index in [2.05, 4.69) is 19.2 Å². The molecule has 2 heteroatoms. The topological polar surface area (TPSA) is 32.3 Å². The summed E-state index contributed by atoms with van der Waals surface area (Å²) >= 11 is 0. The molecule has 1 heterocycles. The number of rotatable bonds is 3. The molecule has 0 bridgehead atoms. The second kappa shape index (κ2) is 4.24. The van der Waals surface area contributed by atoms with Gasteiger partial charge >= 0.3 is 0 Å². The van der Waals surface area contributed by atoms with Gasteiger partial charge < -0.3 is 10.4 Å². The molecule has 0 aliphatic carbocycles. The largest absolute Gasteiger partial charge is 0.389 e. The van der Waals surface area contributed by atoms with E-state index in [0.29, 0.717) is 6.04 Å². The van der Waals surface area contributed by atoms with Gasteiger partial charge in [-0.3, -0.25) is 0 Å². The molecular weight excluding hydrogens is 150 g/mol. The summed E-state index contributed by atoms with van der Waals surface area (Å²) in [6.07, 6.45) is 5.37. The highest BCUT2D eigenvalue weighted by Gasteiger charge is 2.30. The summed E-state index contributed by atoms with van der Waals surface area (Å²) in [5.74, 6) is 0. The van der Waals surface area contributed by atoms with E-state index in [4.69, 9.17) is 0 Å². The highest BCUT2D eigenvalue weighted by molar-refractivity contribution is 4.87. The molecule has 2 N–H and O–H groups in total. The smallest absolute Gasteiger partial charge is 0.0772 e. The molecule has 2 unspecified atom stereocenters. The van der Waals surface area contributed by atoms with E-state index < -0.39 is 5.60 Å². The number of piperidine rings is 1. The summed E-state index contributed by atoms with van der Waals surface area (Å²) in [5, 5.41) is 13.4. The molecule has 12 heavy (non-hydrogen) atoms. The van der Waals surface area contributed by atoms with Crippen molar-refractivity contribution in [3.05, 3.63) is 0 Å². The molecule has 0 aromatic heterocycles. The predicted molar refractivity (Wildman–Crippen MR) is 51.2 cm³/mol. The SMILES string of the molecule is CCCCC1(O)CCC(C)NC1. The van der Waals surface area contributed by atoms with Crippen LogP contribution >= 0.6 is 0 Å². The third-order valence-electron chi connectivity index (χ3n) is 2.82. The Labute approximate surface area is 75.4 Å².